The van der Waals surface area contributed by atoms with Crippen LogP contribution in [0, 0.1) is 0 Å². The lowest BCUT2D eigenvalue weighted by molar-refractivity contribution is 0.128. The number of halogens is 1. The van der Waals surface area contributed by atoms with E-state index in [1.54, 1.807) is 7.11 Å². The Bertz CT molecular complexity index is 626. The van der Waals surface area contributed by atoms with E-state index in [1.807, 2.05) is 6.07 Å². The maximum Gasteiger partial charge on any atom is 0.191 e. The Kier molecular flexibility index (Phi) is 12.7. The summed E-state index contributed by atoms with van der Waals surface area (Å²) in [6.45, 7) is 14.8. The van der Waals surface area contributed by atoms with E-state index in [4.69, 9.17) is 14.5 Å². The largest absolute Gasteiger partial charge is 0.492 e. The Hall–Kier alpha value is -1.06. The maximum absolute atomic E-state index is 5.93. The van der Waals surface area contributed by atoms with Gasteiger partial charge in [-0.25, -0.2) is 4.99 Å². The van der Waals surface area contributed by atoms with Gasteiger partial charge in [-0.05, 0) is 42.9 Å². The van der Waals surface area contributed by atoms with E-state index in [-0.39, 0.29) is 29.4 Å². The molecular formula is C23H41IN4O2. The van der Waals surface area contributed by atoms with Crippen molar-refractivity contribution in [2.75, 3.05) is 53.0 Å². The molecule has 172 valence electrons. The summed E-state index contributed by atoms with van der Waals surface area (Å²) >= 11 is 0. The highest BCUT2D eigenvalue weighted by molar-refractivity contribution is 14.0. The third-order valence-corrected chi connectivity index (χ3v) is 5.21. The summed E-state index contributed by atoms with van der Waals surface area (Å²) < 4.78 is 11.1. The second-order valence-corrected chi connectivity index (χ2v) is 8.64. The van der Waals surface area contributed by atoms with Gasteiger partial charge >= 0.3 is 0 Å². The molecule has 30 heavy (non-hydrogen) atoms. The van der Waals surface area contributed by atoms with Gasteiger partial charge in [-0.1, -0.05) is 32.9 Å². The summed E-state index contributed by atoms with van der Waals surface area (Å²) in [6.07, 6.45) is 2.26. The van der Waals surface area contributed by atoms with Crippen molar-refractivity contribution in [3.05, 3.63) is 29.8 Å². The molecule has 1 aromatic rings. The molecule has 0 aromatic heterocycles. The lowest BCUT2D eigenvalue weighted by atomic mass is 9.87. The summed E-state index contributed by atoms with van der Waals surface area (Å²) in [5.41, 5.74) is 1.41. The van der Waals surface area contributed by atoms with Crippen LogP contribution in [0.5, 0.6) is 5.75 Å². The average Bonchev–Trinajstić information content (AvgIpc) is 2.70. The fourth-order valence-corrected chi connectivity index (χ4v) is 3.41. The number of ether oxygens (including phenoxy) is 2. The van der Waals surface area contributed by atoms with Crippen LogP contribution in [0.4, 0.5) is 0 Å². The lowest BCUT2D eigenvalue weighted by Crippen LogP contribution is -2.49. The fourth-order valence-electron chi connectivity index (χ4n) is 3.41. The van der Waals surface area contributed by atoms with Crippen LogP contribution in [0.3, 0.4) is 0 Å². The number of hydrogen-bond acceptors (Lipinski definition) is 4. The minimum absolute atomic E-state index is 0. The van der Waals surface area contributed by atoms with Crippen LogP contribution in [0.25, 0.3) is 0 Å². The van der Waals surface area contributed by atoms with Crippen LogP contribution in [-0.4, -0.2) is 69.9 Å². The third-order valence-electron chi connectivity index (χ3n) is 5.21. The van der Waals surface area contributed by atoms with Crippen molar-refractivity contribution in [2.45, 2.75) is 52.0 Å². The molecule has 1 saturated heterocycles. The molecule has 0 unspecified atom stereocenters. The number of likely N-dealkylation sites (tertiary alicyclic amines) is 1. The third kappa shape index (κ3) is 9.83. The zero-order valence-corrected chi connectivity index (χ0v) is 21.7. The normalized spacial score (nSPS) is 16.1. The first-order chi connectivity index (χ1) is 13.9. The van der Waals surface area contributed by atoms with Gasteiger partial charge in [0.15, 0.2) is 5.96 Å². The minimum atomic E-state index is 0. The lowest BCUT2D eigenvalue weighted by Gasteiger charge is -2.32. The van der Waals surface area contributed by atoms with Crippen LogP contribution in [0.15, 0.2) is 29.3 Å². The number of nitrogens with one attached hydrogen (secondary N) is 2. The zero-order valence-electron chi connectivity index (χ0n) is 19.4. The Morgan fingerprint density at radius 1 is 1.20 bits per heavy atom. The number of guanidine groups is 1. The topological polar surface area (TPSA) is 58.1 Å². The Balaban J connectivity index is 0.00000450. The summed E-state index contributed by atoms with van der Waals surface area (Å²) in [7, 11) is 1.76. The van der Waals surface area contributed by atoms with Gasteiger partial charge in [0.2, 0.25) is 0 Å². The van der Waals surface area contributed by atoms with Crippen LogP contribution in [0.2, 0.25) is 0 Å². The molecule has 1 aromatic carbocycles. The number of hydrogen-bond donors (Lipinski definition) is 2. The monoisotopic (exact) mass is 532 g/mol. The second kappa shape index (κ2) is 14.1. The van der Waals surface area contributed by atoms with E-state index in [2.05, 4.69) is 61.4 Å². The molecule has 7 heteroatoms. The number of aliphatic imine (C=N–C) groups is 1. The molecule has 1 fully saturated rings. The van der Waals surface area contributed by atoms with Crippen molar-refractivity contribution >= 4 is 29.9 Å². The van der Waals surface area contributed by atoms with Crippen molar-refractivity contribution < 1.29 is 9.47 Å². The number of benzene rings is 1. The summed E-state index contributed by atoms with van der Waals surface area (Å²) in [6, 6.07) is 8.82. The van der Waals surface area contributed by atoms with E-state index in [0.717, 1.165) is 57.3 Å². The Labute approximate surface area is 200 Å². The van der Waals surface area contributed by atoms with Crippen LogP contribution in [-0.2, 0) is 10.2 Å². The van der Waals surface area contributed by atoms with Gasteiger partial charge in [0, 0.05) is 39.3 Å². The SMILES string of the molecule is CCNC(=NCCOc1cccc(C(C)(C)C)c1)NC1CCN(CCOC)CC1.I. The summed E-state index contributed by atoms with van der Waals surface area (Å²) in [5.74, 6) is 1.80. The first kappa shape index (κ1) is 27.0. The highest BCUT2D eigenvalue weighted by atomic mass is 127. The van der Waals surface area contributed by atoms with Gasteiger partial charge in [-0.3, -0.25) is 0 Å². The van der Waals surface area contributed by atoms with Gasteiger partial charge < -0.3 is 25.0 Å². The first-order valence-corrected chi connectivity index (χ1v) is 10.9. The van der Waals surface area contributed by atoms with E-state index in [1.165, 1.54) is 5.56 Å². The van der Waals surface area contributed by atoms with Crippen molar-refractivity contribution in [1.82, 2.24) is 15.5 Å². The predicted molar refractivity (Wildman–Crippen MR) is 137 cm³/mol. The highest BCUT2D eigenvalue weighted by Gasteiger charge is 2.19. The molecule has 6 nitrogen and oxygen atoms in total. The minimum Gasteiger partial charge on any atom is -0.492 e. The molecule has 1 aliphatic heterocycles. The second-order valence-electron chi connectivity index (χ2n) is 8.64. The highest BCUT2D eigenvalue weighted by Crippen LogP contribution is 2.25. The van der Waals surface area contributed by atoms with E-state index < -0.39 is 0 Å². The number of rotatable bonds is 9. The van der Waals surface area contributed by atoms with Crippen molar-refractivity contribution in [1.29, 1.82) is 0 Å². The van der Waals surface area contributed by atoms with Crippen LogP contribution >= 0.6 is 24.0 Å². The molecule has 2 N–H and O–H groups in total. The zero-order chi connectivity index (χ0) is 21.1. The van der Waals surface area contributed by atoms with Gasteiger partial charge in [0.1, 0.15) is 12.4 Å². The smallest absolute Gasteiger partial charge is 0.191 e. The summed E-state index contributed by atoms with van der Waals surface area (Å²) in [4.78, 5) is 7.16. The quantitative estimate of drug-likeness (QED) is 0.220. The molecule has 0 saturated carbocycles. The van der Waals surface area contributed by atoms with Crippen molar-refractivity contribution in [3.63, 3.8) is 0 Å². The molecule has 0 aliphatic carbocycles. The van der Waals surface area contributed by atoms with Gasteiger partial charge in [-0.2, -0.15) is 0 Å². The number of methoxy groups -OCH3 is 1. The van der Waals surface area contributed by atoms with Crippen molar-refractivity contribution in [2.24, 2.45) is 4.99 Å². The number of nitrogens with zero attached hydrogens (tertiary/aromatic N) is 2. The van der Waals surface area contributed by atoms with Crippen LogP contribution in [0.1, 0.15) is 46.1 Å². The molecule has 0 spiro atoms. The molecule has 1 aliphatic rings. The average molecular weight is 533 g/mol. The predicted octanol–water partition coefficient (Wildman–Crippen LogP) is 3.65. The number of piperidine rings is 1. The van der Waals surface area contributed by atoms with Crippen LogP contribution < -0.4 is 15.4 Å². The molecule has 0 bridgehead atoms. The molecular weight excluding hydrogens is 491 g/mol. The molecule has 0 radical (unpaired) electrons. The fraction of sp³-hybridized carbons (Fsp3) is 0.696. The molecule has 2 rings (SSSR count). The summed E-state index contributed by atoms with van der Waals surface area (Å²) in [5, 5.41) is 6.94. The molecule has 0 atom stereocenters. The van der Waals surface area contributed by atoms with E-state index in [0.29, 0.717) is 19.2 Å². The van der Waals surface area contributed by atoms with Crippen molar-refractivity contribution in [3.8, 4) is 5.75 Å². The molecule has 1 heterocycles. The van der Waals surface area contributed by atoms with Gasteiger partial charge in [0.25, 0.3) is 0 Å². The van der Waals surface area contributed by atoms with E-state index in [9.17, 15) is 0 Å². The van der Waals surface area contributed by atoms with E-state index >= 15 is 0 Å². The first-order valence-electron chi connectivity index (χ1n) is 10.9. The standard InChI is InChI=1S/C23H40N4O2.HI/c1-6-24-22(26-20-10-13-27(14-11-20)15-17-28-5)25-12-16-29-21-9-7-8-19(18-21)23(2,3)4;/h7-9,18,20H,6,10-17H2,1-5H3,(H2,24,25,26);1H. The maximum atomic E-state index is 5.93. The Morgan fingerprint density at radius 3 is 2.57 bits per heavy atom. The Morgan fingerprint density at radius 2 is 1.93 bits per heavy atom. The van der Waals surface area contributed by atoms with Gasteiger partial charge in [0.05, 0.1) is 13.2 Å². The van der Waals surface area contributed by atoms with Gasteiger partial charge in [-0.15, -0.1) is 24.0 Å². The molecule has 0 amide bonds.